The van der Waals surface area contributed by atoms with E-state index in [1.807, 2.05) is 0 Å². The van der Waals surface area contributed by atoms with Gasteiger partial charge in [-0.15, -0.1) is 0 Å². The molecular formula is C17H29N3. The first-order valence-electron chi connectivity index (χ1n) is 8.08. The second kappa shape index (κ2) is 7.07. The fourth-order valence-electron chi connectivity index (χ4n) is 2.42. The van der Waals surface area contributed by atoms with Gasteiger partial charge in [-0.1, -0.05) is 20.3 Å². The third-order valence-corrected chi connectivity index (χ3v) is 4.11. The van der Waals surface area contributed by atoms with Crippen LogP contribution in [0.1, 0.15) is 51.3 Å². The maximum atomic E-state index is 4.73. The number of pyridine rings is 1. The number of hydrogen-bond donors (Lipinski definition) is 1. The molecule has 0 bridgehead atoms. The van der Waals surface area contributed by atoms with Crippen LogP contribution in [-0.2, 0) is 6.54 Å². The highest BCUT2D eigenvalue weighted by Crippen LogP contribution is 2.21. The average molecular weight is 275 g/mol. The molecular weight excluding hydrogens is 246 g/mol. The summed E-state index contributed by atoms with van der Waals surface area (Å²) in [5.41, 5.74) is 2.49. The first-order chi connectivity index (χ1) is 9.62. The molecule has 1 fully saturated rings. The van der Waals surface area contributed by atoms with Crippen LogP contribution in [-0.4, -0.2) is 24.1 Å². The number of hydrogen-bond acceptors (Lipinski definition) is 3. The van der Waals surface area contributed by atoms with Gasteiger partial charge in [0.05, 0.1) is 0 Å². The van der Waals surface area contributed by atoms with Gasteiger partial charge in [0.1, 0.15) is 5.82 Å². The minimum Gasteiger partial charge on any atom is -0.357 e. The van der Waals surface area contributed by atoms with E-state index in [0.29, 0.717) is 5.92 Å². The Labute approximate surface area is 123 Å². The second-order valence-electron chi connectivity index (χ2n) is 6.18. The van der Waals surface area contributed by atoms with Crippen molar-refractivity contribution < 1.29 is 0 Å². The summed E-state index contributed by atoms with van der Waals surface area (Å²) in [7, 11) is 0. The van der Waals surface area contributed by atoms with Crippen molar-refractivity contribution in [2.75, 3.05) is 18.0 Å². The summed E-state index contributed by atoms with van der Waals surface area (Å²) in [6.45, 7) is 12.0. The number of aryl methyl sites for hydroxylation is 1. The summed E-state index contributed by atoms with van der Waals surface area (Å²) >= 11 is 0. The molecule has 1 aliphatic rings. The molecule has 2 rings (SSSR count). The summed E-state index contributed by atoms with van der Waals surface area (Å²) in [6.07, 6.45) is 3.90. The molecule has 1 aromatic heterocycles. The van der Waals surface area contributed by atoms with Crippen molar-refractivity contribution in [2.24, 2.45) is 5.92 Å². The summed E-state index contributed by atoms with van der Waals surface area (Å²) in [6, 6.07) is 5.22. The first-order valence-corrected chi connectivity index (χ1v) is 8.08. The molecule has 1 aliphatic carbocycles. The van der Waals surface area contributed by atoms with Gasteiger partial charge in [-0.3, -0.25) is 0 Å². The van der Waals surface area contributed by atoms with E-state index in [-0.39, 0.29) is 0 Å². The van der Waals surface area contributed by atoms with E-state index < -0.39 is 0 Å². The van der Waals surface area contributed by atoms with Crippen LogP contribution < -0.4 is 10.2 Å². The molecule has 1 saturated carbocycles. The summed E-state index contributed by atoms with van der Waals surface area (Å²) in [4.78, 5) is 7.14. The lowest BCUT2D eigenvalue weighted by molar-refractivity contribution is 0.545. The van der Waals surface area contributed by atoms with E-state index in [0.717, 1.165) is 37.2 Å². The Morgan fingerprint density at radius 3 is 2.70 bits per heavy atom. The number of nitrogens with zero attached hydrogens (tertiary/aromatic N) is 2. The van der Waals surface area contributed by atoms with Crippen LogP contribution in [0.15, 0.2) is 12.1 Å². The smallest absolute Gasteiger partial charge is 0.129 e. The van der Waals surface area contributed by atoms with E-state index in [9.17, 15) is 0 Å². The molecule has 3 nitrogen and oxygen atoms in total. The van der Waals surface area contributed by atoms with Gasteiger partial charge in [0, 0.05) is 31.4 Å². The maximum Gasteiger partial charge on any atom is 0.129 e. The molecule has 0 radical (unpaired) electrons. The number of aromatic nitrogens is 1. The lowest BCUT2D eigenvalue weighted by Gasteiger charge is -2.26. The van der Waals surface area contributed by atoms with Crippen molar-refractivity contribution in [1.82, 2.24) is 10.3 Å². The lowest BCUT2D eigenvalue weighted by atomic mass is 10.1. The predicted molar refractivity (Wildman–Crippen MR) is 86.2 cm³/mol. The van der Waals surface area contributed by atoms with E-state index in [1.54, 1.807) is 0 Å². The first kappa shape index (κ1) is 15.3. The maximum absolute atomic E-state index is 4.73. The van der Waals surface area contributed by atoms with Crippen molar-refractivity contribution in [3.8, 4) is 0 Å². The highest BCUT2D eigenvalue weighted by Gasteiger charge is 2.20. The monoisotopic (exact) mass is 275 g/mol. The van der Waals surface area contributed by atoms with Gasteiger partial charge < -0.3 is 10.2 Å². The minimum absolute atomic E-state index is 0.713. The standard InChI is InChI=1S/C17H29N3/c1-5-13(3)12-20(6-2)17-10-15(9-14(4)19-17)11-18-16-7-8-16/h9-10,13,16,18H,5-8,11-12H2,1-4H3. The average Bonchev–Trinajstić information content (AvgIpc) is 3.25. The zero-order chi connectivity index (χ0) is 14.5. The quantitative estimate of drug-likeness (QED) is 0.787. The zero-order valence-corrected chi connectivity index (χ0v) is 13.4. The summed E-state index contributed by atoms with van der Waals surface area (Å²) in [5, 5.41) is 3.59. The predicted octanol–water partition coefficient (Wildman–Crippen LogP) is 3.51. The van der Waals surface area contributed by atoms with Crippen molar-refractivity contribution in [3.63, 3.8) is 0 Å². The van der Waals surface area contributed by atoms with Crippen molar-refractivity contribution in [3.05, 3.63) is 23.4 Å². The van der Waals surface area contributed by atoms with Crippen LogP contribution in [0.2, 0.25) is 0 Å². The van der Waals surface area contributed by atoms with Gasteiger partial charge in [-0.2, -0.15) is 0 Å². The Balaban J connectivity index is 2.07. The Hall–Kier alpha value is -1.09. The Kier molecular flexibility index (Phi) is 5.41. The Bertz CT molecular complexity index is 426. The number of anilines is 1. The molecule has 0 spiro atoms. The zero-order valence-electron chi connectivity index (χ0n) is 13.4. The normalized spacial score (nSPS) is 16.2. The van der Waals surface area contributed by atoms with E-state index in [2.05, 4.69) is 50.0 Å². The molecule has 0 amide bonds. The Morgan fingerprint density at radius 2 is 2.10 bits per heavy atom. The van der Waals surface area contributed by atoms with Crippen LogP contribution in [0.5, 0.6) is 0 Å². The third-order valence-electron chi connectivity index (χ3n) is 4.11. The van der Waals surface area contributed by atoms with Gasteiger partial charge in [0.2, 0.25) is 0 Å². The van der Waals surface area contributed by atoms with Gasteiger partial charge >= 0.3 is 0 Å². The number of nitrogens with one attached hydrogen (secondary N) is 1. The molecule has 112 valence electrons. The molecule has 1 heterocycles. The molecule has 20 heavy (non-hydrogen) atoms. The minimum atomic E-state index is 0.713. The van der Waals surface area contributed by atoms with Crippen LogP contribution in [0.4, 0.5) is 5.82 Å². The van der Waals surface area contributed by atoms with Gasteiger partial charge in [-0.25, -0.2) is 4.98 Å². The van der Waals surface area contributed by atoms with Crippen molar-refractivity contribution in [1.29, 1.82) is 0 Å². The van der Waals surface area contributed by atoms with Crippen molar-refractivity contribution in [2.45, 2.75) is 59.5 Å². The molecule has 3 heteroatoms. The summed E-state index contributed by atoms with van der Waals surface area (Å²) in [5.74, 6) is 1.85. The fourth-order valence-corrected chi connectivity index (χ4v) is 2.42. The SMILES string of the molecule is CCC(C)CN(CC)c1cc(CNC2CC2)cc(C)n1. The van der Waals surface area contributed by atoms with Crippen LogP contribution in [0, 0.1) is 12.8 Å². The van der Waals surface area contributed by atoms with Gasteiger partial charge in [-0.05, 0) is 50.3 Å². The number of rotatable bonds is 8. The van der Waals surface area contributed by atoms with Crippen LogP contribution >= 0.6 is 0 Å². The Morgan fingerprint density at radius 1 is 1.35 bits per heavy atom. The van der Waals surface area contributed by atoms with Crippen molar-refractivity contribution >= 4 is 5.82 Å². The molecule has 0 aliphatic heterocycles. The van der Waals surface area contributed by atoms with Crippen LogP contribution in [0.3, 0.4) is 0 Å². The highest BCUT2D eigenvalue weighted by atomic mass is 15.2. The molecule has 1 aromatic rings. The lowest BCUT2D eigenvalue weighted by Crippen LogP contribution is -2.29. The summed E-state index contributed by atoms with van der Waals surface area (Å²) < 4.78 is 0. The topological polar surface area (TPSA) is 28.2 Å². The second-order valence-corrected chi connectivity index (χ2v) is 6.18. The molecule has 0 aromatic carbocycles. The molecule has 1 atom stereocenters. The highest BCUT2D eigenvalue weighted by molar-refractivity contribution is 5.42. The molecule has 1 unspecified atom stereocenters. The largest absolute Gasteiger partial charge is 0.357 e. The van der Waals surface area contributed by atoms with Gasteiger partial charge in [0.15, 0.2) is 0 Å². The van der Waals surface area contributed by atoms with E-state index >= 15 is 0 Å². The molecule has 0 saturated heterocycles. The fraction of sp³-hybridized carbons (Fsp3) is 0.706. The molecule has 1 N–H and O–H groups in total. The van der Waals surface area contributed by atoms with E-state index in [4.69, 9.17) is 4.98 Å². The van der Waals surface area contributed by atoms with E-state index in [1.165, 1.54) is 24.8 Å². The van der Waals surface area contributed by atoms with Crippen LogP contribution in [0.25, 0.3) is 0 Å². The van der Waals surface area contributed by atoms with Gasteiger partial charge in [0.25, 0.3) is 0 Å². The third kappa shape index (κ3) is 4.48.